The van der Waals surface area contributed by atoms with Gasteiger partial charge in [0.05, 0.1) is 17.3 Å². The minimum absolute atomic E-state index is 0.287. The van der Waals surface area contributed by atoms with E-state index in [1.165, 1.54) is 7.11 Å². The largest absolute Gasteiger partial charge is 0.497 e. The molecule has 2 rings (SSSR count). The van der Waals surface area contributed by atoms with Crippen LogP contribution >= 0.6 is 0 Å². The van der Waals surface area contributed by atoms with Gasteiger partial charge in [-0.1, -0.05) is 6.07 Å². The van der Waals surface area contributed by atoms with E-state index in [2.05, 4.69) is 5.32 Å². The van der Waals surface area contributed by atoms with Crippen molar-refractivity contribution in [3.8, 4) is 5.75 Å². The normalized spacial score (nSPS) is 17.1. The van der Waals surface area contributed by atoms with Crippen LogP contribution in [0.25, 0.3) is 0 Å². The monoisotopic (exact) mass is 227 g/mol. The molecular formula is C10H13NO3S. The third-order valence-electron chi connectivity index (χ3n) is 2.55. The number of ether oxygens (including phenoxy) is 1. The molecule has 0 atom stereocenters. The summed E-state index contributed by atoms with van der Waals surface area (Å²) in [7, 11) is -1.65. The first-order valence-electron chi connectivity index (χ1n) is 4.73. The van der Waals surface area contributed by atoms with Crippen LogP contribution in [-0.2, 0) is 9.84 Å². The summed E-state index contributed by atoms with van der Waals surface area (Å²) >= 11 is 0. The van der Waals surface area contributed by atoms with Crippen LogP contribution in [0.1, 0.15) is 0 Å². The Bertz CT molecular complexity index is 451. The number of rotatable bonds is 3. The molecule has 0 spiro atoms. The molecule has 1 heterocycles. The molecule has 1 aromatic rings. The second-order valence-corrected chi connectivity index (χ2v) is 5.73. The Kier molecular flexibility index (Phi) is 2.67. The average molecular weight is 227 g/mol. The molecule has 0 radical (unpaired) electrons. The summed E-state index contributed by atoms with van der Waals surface area (Å²) in [6.07, 6.45) is 0. The van der Waals surface area contributed by atoms with Crippen LogP contribution in [0.3, 0.4) is 0 Å². The molecule has 1 N–H and O–H groups in total. The zero-order valence-electron chi connectivity index (χ0n) is 8.43. The zero-order valence-corrected chi connectivity index (χ0v) is 9.25. The molecule has 82 valence electrons. The van der Waals surface area contributed by atoms with E-state index >= 15 is 0 Å². The molecule has 0 saturated carbocycles. The molecule has 4 nitrogen and oxygen atoms in total. The highest BCUT2D eigenvalue weighted by Gasteiger charge is 2.32. The van der Waals surface area contributed by atoms with Crippen LogP contribution < -0.4 is 10.1 Å². The number of nitrogens with one attached hydrogen (secondary N) is 1. The lowest BCUT2D eigenvalue weighted by Gasteiger charge is -2.26. The highest BCUT2D eigenvalue weighted by Crippen LogP contribution is 2.22. The van der Waals surface area contributed by atoms with Crippen LogP contribution in [0.15, 0.2) is 29.2 Å². The molecule has 15 heavy (non-hydrogen) atoms. The van der Waals surface area contributed by atoms with Gasteiger partial charge in [-0.15, -0.1) is 0 Å². The summed E-state index contributed by atoms with van der Waals surface area (Å²) in [5.74, 6) is 0.573. The molecule has 1 aliphatic heterocycles. The van der Waals surface area contributed by atoms with Gasteiger partial charge in [-0.3, -0.25) is 0 Å². The lowest BCUT2D eigenvalue weighted by molar-refractivity contribution is 0.413. The Morgan fingerprint density at radius 2 is 2.13 bits per heavy atom. The predicted octanol–water partition coefficient (Wildman–Crippen LogP) is 0.441. The topological polar surface area (TPSA) is 55.4 Å². The number of sulfone groups is 1. The summed E-state index contributed by atoms with van der Waals surface area (Å²) in [6, 6.07) is 6.60. The summed E-state index contributed by atoms with van der Waals surface area (Å²) in [5.41, 5.74) is 0. The van der Waals surface area contributed by atoms with Gasteiger partial charge < -0.3 is 10.1 Å². The third kappa shape index (κ3) is 1.85. The second kappa shape index (κ2) is 3.83. The first kappa shape index (κ1) is 10.4. The third-order valence-corrected chi connectivity index (χ3v) is 4.67. The van der Waals surface area contributed by atoms with Gasteiger partial charge in [-0.05, 0) is 18.2 Å². The maximum Gasteiger partial charge on any atom is 0.183 e. The van der Waals surface area contributed by atoms with Gasteiger partial charge in [0.1, 0.15) is 5.75 Å². The van der Waals surface area contributed by atoms with Crippen molar-refractivity contribution < 1.29 is 13.2 Å². The van der Waals surface area contributed by atoms with Gasteiger partial charge in [-0.2, -0.15) is 0 Å². The van der Waals surface area contributed by atoms with Crippen molar-refractivity contribution in [3.63, 3.8) is 0 Å². The van der Waals surface area contributed by atoms with Crippen molar-refractivity contribution in [2.24, 2.45) is 0 Å². The quantitative estimate of drug-likeness (QED) is 0.814. The fourth-order valence-electron chi connectivity index (χ4n) is 1.45. The molecule has 1 aromatic carbocycles. The molecule has 1 fully saturated rings. The number of hydrogen-bond acceptors (Lipinski definition) is 4. The molecule has 5 heteroatoms. The van der Waals surface area contributed by atoms with Crippen LogP contribution in [0.4, 0.5) is 0 Å². The molecule has 0 unspecified atom stereocenters. The zero-order chi connectivity index (χ0) is 10.9. The smallest absolute Gasteiger partial charge is 0.183 e. The van der Waals surface area contributed by atoms with Gasteiger partial charge in [0.25, 0.3) is 0 Å². The molecule has 1 saturated heterocycles. The second-order valence-electron chi connectivity index (χ2n) is 3.50. The van der Waals surface area contributed by atoms with Crippen molar-refractivity contribution >= 4 is 9.84 Å². The van der Waals surface area contributed by atoms with Crippen LogP contribution in [0.2, 0.25) is 0 Å². The first-order chi connectivity index (χ1) is 7.14. The highest BCUT2D eigenvalue weighted by molar-refractivity contribution is 7.92. The van der Waals surface area contributed by atoms with E-state index in [4.69, 9.17) is 4.74 Å². The number of hydrogen-bond donors (Lipinski definition) is 1. The molecular weight excluding hydrogens is 214 g/mol. The minimum atomic E-state index is -3.18. The standard InChI is InChI=1S/C10H13NO3S/c1-14-8-3-2-4-9(5-8)15(12,13)10-6-11-7-10/h2-5,10-11H,6-7H2,1H3. The summed E-state index contributed by atoms with van der Waals surface area (Å²) < 4.78 is 29.0. The van der Waals surface area contributed by atoms with Crippen LogP contribution in [0.5, 0.6) is 5.75 Å². The van der Waals surface area contributed by atoms with Crippen molar-refractivity contribution in [2.45, 2.75) is 10.1 Å². The predicted molar refractivity (Wildman–Crippen MR) is 56.8 cm³/mol. The van der Waals surface area contributed by atoms with Crippen LogP contribution in [0, 0.1) is 0 Å². The van der Waals surface area contributed by atoms with E-state index in [9.17, 15) is 8.42 Å². The van der Waals surface area contributed by atoms with Gasteiger partial charge in [0, 0.05) is 13.1 Å². The van der Waals surface area contributed by atoms with E-state index in [-0.39, 0.29) is 5.25 Å². The Balaban J connectivity index is 2.35. The lowest BCUT2D eigenvalue weighted by Crippen LogP contribution is -2.51. The molecule has 0 aromatic heterocycles. The van der Waals surface area contributed by atoms with Gasteiger partial charge >= 0.3 is 0 Å². The van der Waals surface area contributed by atoms with E-state index in [0.717, 1.165) is 0 Å². The maximum absolute atomic E-state index is 12.0. The Labute approximate surface area is 89.2 Å². The first-order valence-corrected chi connectivity index (χ1v) is 6.28. The Morgan fingerprint density at radius 1 is 1.40 bits per heavy atom. The summed E-state index contributed by atoms with van der Waals surface area (Å²) in [6.45, 7) is 1.08. The maximum atomic E-state index is 12.0. The summed E-state index contributed by atoms with van der Waals surface area (Å²) in [5, 5.41) is 2.67. The van der Waals surface area contributed by atoms with Gasteiger partial charge in [0.15, 0.2) is 9.84 Å². The molecule has 0 bridgehead atoms. The molecule has 0 aliphatic carbocycles. The van der Waals surface area contributed by atoms with E-state index < -0.39 is 9.84 Å². The average Bonchev–Trinajstić information content (AvgIpc) is 2.14. The number of methoxy groups -OCH3 is 1. The van der Waals surface area contributed by atoms with Crippen LogP contribution in [-0.4, -0.2) is 33.9 Å². The van der Waals surface area contributed by atoms with E-state index in [0.29, 0.717) is 23.7 Å². The van der Waals surface area contributed by atoms with Crippen molar-refractivity contribution in [3.05, 3.63) is 24.3 Å². The van der Waals surface area contributed by atoms with E-state index in [1.807, 2.05) is 0 Å². The SMILES string of the molecule is COc1cccc(S(=O)(=O)C2CNC2)c1. The van der Waals surface area contributed by atoms with Gasteiger partial charge in [0.2, 0.25) is 0 Å². The Hall–Kier alpha value is -1.07. The van der Waals surface area contributed by atoms with Crippen molar-refractivity contribution in [1.82, 2.24) is 5.32 Å². The fraction of sp³-hybridized carbons (Fsp3) is 0.400. The minimum Gasteiger partial charge on any atom is -0.497 e. The van der Waals surface area contributed by atoms with Crippen molar-refractivity contribution in [1.29, 1.82) is 0 Å². The molecule has 0 amide bonds. The fourth-order valence-corrected chi connectivity index (χ4v) is 3.06. The summed E-state index contributed by atoms with van der Waals surface area (Å²) in [4.78, 5) is 0.341. The lowest BCUT2D eigenvalue weighted by atomic mass is 10.3. The van der Waals surface area contributed by atoms with Crippen molar-refractivity contribution in [2.75, 3.05) is 20.2 Å². The Morgan fingerprint density at radius 3 is 2.67 bits per heavy atom. The molecule has 1 aliphatic rings. The van der Waals surface area contributed by atoms with Gasteiger partial charge in [-0.25, -0.2) is 8.42 Å². The van der Waals surface area contributed by atoms with E-state index in [1.54, 1.807) is 24.3 Å². The number of benzene rings is 1. The highest BCUT2D eigenvalue weighted by atomic mass is 32.2.